The lowest BCUT2D eigenvalue weighted by Crippen LogP contribution is -1.95. The molecule has 0 heterocycles. The van der Waals surface area contributed by atoms with Crippen molar-refractivity contribution in [2.45, 2.75) is 19.8 Å². The molecule has 0 atom stereocenters. The van der Waals surface area contributed by atoms with E-state index in [2.05, 4.69) is 0 Å². The van der Waals surface area contributed by atoms with Gasteiger partial charge in [0, 0.05) is 10.9 Å². The molecule has 0 aliphatic heterocycles. The molecule has 0 unspecified atom stereocenters. The van der Waals surface area contributed by atoms with Crippen LogP contribution < -0.4 is 4.74 Å². The standard InChI is InChI=1S/C15H16O3/c1-9(2)11-5-4-6-12-10(8-16)7-13(18-3)15(17)14(11)12/h4-9,17H,1-3H3. The summed E-state index contributed by atoms with van der Waals surface area (Å²) in [7, 11) is 1.48. The van der Waals surface area contributed by atoms with Gasteiger partial charge < -0.3 is 9.84 Å². The molecule has 2 aromatic rings. The van der Waals surface area contributed by atoms with Crippen LogP contribution in [0, 0.1) is 0 Å². The van der Waals surface area contributed by atoms with Gasteiger partial charge in [0.25, 0.3) is 0 Å². The Kier molecular flexibility index (Phi) is 3.24. The zero-order valence-electron chi connectivity index (χ0n) is 10.7. The largest absolute Gasteiger partial charge is 0.504 e. The predicted octanol–water partition coefficient (Wildman–Crippen LogP) is 3.49. The van der Waals surface area contributed by atoms with Gasteiger partial charge >= 0.3 is 0 Å². The number of aldehydes is 1. The van der Waals surface area contributed by atoms with Crippen molar-refractivity contribution < 1.29 is 14.6 Å². The first kappa shape index (κ1) is 12.4. The molecule has 2 rings (SSSR count). The number of rotatable bonds is 3. The number of ether oxygens (including phenoxy) is 1. The Hall–Kier alpha value is -2.03. The van der Waals surface area contributed by atoms with Crippen LogP contribution in [0.5, 0.6) is 11.5 Å². The van der Waals surface area contributed by atoms with Gasteiger partial charge in [-0.3, -0.25) is 4.79 Å². The van der Waals surface area contributed by atoms with Crippen LogP contribution in [0.15, 0.2) is 24.3 Å². The van der Waals surface area contributed by atoms with E-state index in [9.17, 15) is 9.90 Å². The summed E-state index contributed by atoms with van der Waals surface area (Å²) in [5.74, 6) is 0.686. The molecule has 0 saturated carbocycles. The topological polar surface area (TPSA) is 46.5 Å². The van der Waals surface area contributed by atoms with E-state index in [1.807, 2.05) is 32.0 Å². The number of hydrogen-bond donors (Lipinski definition) is 1. The number of fused-ring (bicyclic) bond motifs is 1. The maximum absolute atomic E-state index is 11.1. The minimum atomic E-state index is 0.0994. The van der Waals surface area contributed by atoms with Crippen LogP contribution in [-0.2, 0) is 0 Å². The van der Waals surface area contributed by atoms with Gasteiger partial charge in [0.2, 0.25) is 0 Å². The minimum Gasteiger partial charge on any atom is -0.504 e. The molecule has 0 amide bonds. The highest BCUT2D eigenvalue weighted by Crippen LogP contribution is 2.40. The number of phenols is 1. The third-order valence-electron chi connectivity index (χ3n) is 3.13. The van der Waals surface area contributed by atoms with E-state index < -0.39 is 0 Å². The van der Waals surface area contributed by atoms with Crippen LogP contribution in [0.4, 0.5) is 0 Å². The van der Waals surface area contributed by atoms with Crippen molar-refractivity contribution in [3.63, 3.8) is 0 Å². The second kappa shape index (κ2) is 4.69. The number of carbonyl (C=O) groups is 1. The molecule has 0 aliphatic carbocycles. The summed E-state index contributed by atoms with van der Waals surface area (Å²) in [5, 5.41) is 11.7. The molecule has 2 aromatic carbocycles. The molecule has 0 saturated heterocycles. The summed E-state index contributed by atoms with van der Waals surface area (Å²) in [4.78, 5) is 11.1. The lowest BCUT2D eigenvalue weighted by Gasteiger charge is -2.15. The fourth-order valence-corrected chi connectivity index (χ4v) is 2.22. The van der Waals surface area contributed by atoms with Gasteiger partial charge in [-0.05, 0) is 22.9 Å². The summed E-state index contributed by atoms with van der Waals surface area (Å²) in [6.07, 6.45) is 0.786. The number of benzene rings is 2. The molecule has 0 radical (unpaired) electrons. The number of hydrogen-bond acceptors (Lipinski definition) is 3. The van der Waals surface area contributed by atoms with E-state index in [1.165, 1.54) is 7.11 Å². The monoisotopic (exact) mass is 244 g/mol. The lowest BCUT2D eigenvalue weighted by atomic mass is 9.93. The fraction of sp³-hybridized carbons (Fsp3) is 0.267. The third-order valence-corrected chi connectivity index (χ3v) is 3.13. The zero-order chi connectivity index (χ0) is 13.3. The second-order valence-corrected chi connectivity index (χ2v) is 4.56. The van der Waals surface area contributed by atoms with Gasteiger partial charge in [0.05, 0.1) is 7.11 Å². The Morgan fingerprint density at radius 2 is 2.06 bits per heavy atom. The molecule has 0 aliphatic rings. The van der Waals surface area contributed by atoms with Crippen molar-refractivity contribution >= 4 is 17.1 Å². The van der Waals surface area contributed by atoms with E-state index in [0.717, 1.165) is 17.2 Å². The van der Waals surface area contributed by atoms with Crippen molar-refractivity contribution in [3.8, 4) is 11.5 Å². The molecular formula is C15H16O3. The first-order valence-corrected chi connectivity index (χ1v) is 5.88. The predicted molar refractivity (Wildman–Crippen MR) is 71.6 cm³/mol. The normalized spacial score (nSPS) is 10.9. The van der Waals surface area contributed by atoms with Gasteiger partial charge in [0.15, 0.2) is 17.8 Å². The Bertz CT molecular complexity index is 600. The average molecular weight is 244 g/mol. The first-order chi connectivity index (χ1) is 8.60. The molecule has 0 spiro atoms. The lowest BCUT2D eigenvalue weighted by molar-refractivity contribution is 0.112. The van der Waals surface area contributed by atoms with Crippen molar-refractivity contribution in [3.05, 3.63) is 35.4 Å². The Balaban J connectivity index is 2.95. The average Bonchev–Trinajstić information content (AvgIpc) is 2.38. The van der Waals surface area contributed by atoms with E-state index in [-0.39, 0.29) is 11.7 Å². The smallest absolute Gasteiger partial charge is 0.166 e. The maximum atomic E-state index is 11.1. The summed E-state index contributed by atoms with van der Waals surface area (Å²) in [6, 6.07) is 7.26. The van der Waals surface area contributed by atoms with E-state index in [1.54, 1.807) is 6.07 Å². The van der Waals surface area contributed by atoms with Crippen LogP contribution >= 0.6 is 0 Å². The number of methoxy groups -OCH3 is 1. The van der Waals surface area contributed by atoms with Gasteiger partial charge in [0.1, 0.15) is 0 Å². The van der Waals surface area contributed by atoms with Crippen molar-refractivity contribution in [2.75, 3.05) is 7.11 Å². The quantitative estimate of drug-likeness (QED) is 0.841. The molecule has 94 valence electrons. The van der Waals surface area contributed by atoms with Gasteiger partial charge in [-0.15, -0.1) is 0 Å². The van der Waals surface area contributed by atoms with E-state index >= 15 is 0 Å². The van der Waals surface area contributed by atoms with Crippen LogP contribution in [0.1, 0.15) is 35.7 Å². The number of aromatic hydroxyl groups is 1. The van der Waals surface area contributed by atoms with Gasteiger partial charge in [-0.25, -0.2) is 0 Å². The molecule has 0 aromatic heterocycles. The van der Waals surface area contributed by atoms with Crippen molar-refractivity contribution in [1.82, 2.24) is 0 Å². The van der Waals surface area contributed by atoms with Crippen LogP contribution in [-0.4, -0.2) is 18.5 Å². The summed E-state index contributed by atoms with van der Waals surface area (Å²) < 4.78 is 5.12. The van der Waals surface area contributed by atoms with E-state index in [4.69, 9.17) is 4.74 Å². The SMILES string of the molecule is COc1cc(C=O)c2cccc(C(C)C)c2c1O. The zero-order valence-corrected chi connectivity index (χ0v) is 10.7. The Morgan fingerprint density at radius 3 is 2.61 bits per heavy atom. The minimum absolute atomic E-state index is 0.0994. The molecule has 0 fully saturated rings. The Labute approximate surface area is 106 Å². The van der Waals surface area contributed by atoms with Crippen LogP contribution in [0.25, 0.3) is 10.8 Å². The summed E-state index contributed by atoms with van der Waals surface area (Å²) in [6.45, 7) is 4.10. The van der Waals surface area contributed by atoms with Crippen LogP contribution in [0.3, 0.4) is 0 Å². The van der Waals surface area contributed by atoms with E-state index in [0.29, 0.717) is 16.7 Å². The highest BCUT2D eigenvalue weighted by atomic mass is 16.5. The number of carbonyl (C=O) groups excluding carboxylic acids is 1. The first-order valence-electron chi connectivity index (χ1n) is 5.88. The highest BCUT2D eigenvalue weighted by Gasteiger charge is 2.16. The van der Waals surface area contributed by atoms with Crippen molar-refractivity contribution in [1.29, 1.82) is 0 Å². The summed E-state index contributed by atoms with van der Waals surface area (Å²) >= 11 is 0. The molecule has 3 heteroatoms. The maximum Gasteiger partial charge on any atom is 0.166 e. The molecule has 18 heavy (non-hydrogen) atoms. The van der Waals surface area contributed by atoms with Gasteiger partial charge in [-0.2, -0.15) is 0 Å². The Morgan fingerprint density at radius 1 is 1.33 bits per heavy atom. The second-order valence-electron chi connectivity index (χ2n) is 4.56. The van der Waals surface area contributed by atoms with Crippen LogP contribution in [0.2, 0.25) is 0 Å². The summed E-state index contributed by atoms with van der Waals surface area (Å²) in [5.41, 5.74) is 1.54. The van der Waals surface area contributed by atoms with Crippen molar-refractivity contribution in [2.24, 2.45) is 0 Å². The number of phenolic OH excluding ortho intramolecular Hbond substituents is 1. The fourth-order valence-electron chi connectivity index (χ4n) is 2.22. The van der Waals surface area contributed by atoms with Gasteiger partial charge in [-0.1, -0.05) is 32.0 Å². The third kappa shape index (κ3) is 1.82. The molecule has 1 N–H and O–H groups in total. The molecule has 0 bridgehead atoms. The molecule has 3 nitrogen and oxygen atoms in total. The molecular weight excluding hydrogens is 228 g/mol. The highest BCUT2D eigenvalue weighted by molar-refractivity contribution is 6.04.